The smallest absolute Gasteiger partial charge is 0.227 e. The minimum Gasteiger partial charge on any atom is -0.437 e. The zero-order valence-electron chi connectivity index (χ0n) is 19.7. The van der Waals surface area contributed by atoms with E-state index in [2.05, 4.69) is 4.90 Å². The van der Waals surface area contributed by atoms with Crippen molar-refractivity contribution in [1.82, 2.24) is 14.7 Å². The molecule has 0 bridgehead atoms. The standard InChI is InChI=1S/C26H32ClN3O4/c1-19-23(17-29(15-21(31)18-32-2)16-22-11-8-14-33-22)26(34-25-13-7-6-12-24(25)27)30(28-19)20-9-4-3-5-10-20/h3-7,9-10,12-13,21-22,31H,8,11,14-18H2,1-2H3/t21-,22+/m1/s1. The van der Waals surface area contributed by atoms with Crippen LogP contribution in [0.5, 0.6) is 11.6 Å². The first-order valence-corrected chi connectivity index (χ1v) is 12.0. The first-order chi connectivity index (χ1) is 16.5. The molecule has 0 saturated carbocycles. The lowest BCUT2D eigenvalue weighted by Gasteiger charge is -2.27. The predicted molar refractivity (Wildman–Crippen MR) is 132 cm³/mol. The van der Waals surface area contributed by atoms with Crippen molar-refractivity contribution >= 4 is 11.6 Å². The van der Waals surface area contributed by atoms with Crippen LogP contribution in [0.4, 0.5) is 0 Å². The minimum absolute atomic E-state index is 0.146. The van der Waals surface area contributed by atoms with Gasteiger partial charge in [-0.25, -0.2) is 4.68 Å². The molecule has 8 heteroatoms. The Balaban J connectivity index is 1.69. The first-order valence-electron chi connectivity index (χ1n) is 11.6. The van der Waals surface area contributed by atoms with Crippen LogP contribution in [0.3, 0.4) is 0 Å². The number of benzene rings is 2. The number of aliphatic hydroxyl groups is 1. The van der Waals surface area contributed by atoms with E-state index in [0.717, 1.165) is 36.4 Å². The number of rotatable bonds is 11. The molecule has 1 N–H and O–H groups in total. The van der Waals surface area contributed by atoms with E-state index in [0.29, 0.717) is 36.3 Å². The van der Waals surface area contributed by atoms with Crippen molar-refractivity contribution in [3.05, 3.63) is 70.9 Å². The summed E-state index contributed by atoms with van der Waals surface area (Å²) in [6, 6.07) is 17.3. The second-order valence-electron chi connectivity index (χ2n) is 8.59. The minimum atomic E-state index is -0.608. The molecule has 0 spiro atoms. The maximum atomic E-state index is 10.5. The number of para-hydroxylation sites is 2. The molecule has 7 nitrogen and oxygen atoms in total. The Hall–Kier alpha value is -2.42. The lowest BCUT2D eigenvalue weighted by molar-refractivity contribution is 0.0155. The van der Waals surface area contributed by atoms with Crippen molar-refractivity contribution in [3.63, 3.8) is 0 Å². The van der Waals surface area contributed by atoms with E-state index >= 15 is 0 Å². The summed E-state index contributed by atoms with van der Waals surface area (Å²) in [7, 11) is 1.59. The number of aliphatic hydroxyl groups excluding tert-OH is 1. The monoisotopic (exact) mass is 485 g/mol. The third-order valence-electron chi connectivity index (χ3n) is 5.88. The van der Waals surface area contributed by atoms with Crippen LogP contribution in [0, 0.1) is 6.92 Å². The number of hydrogen-bond acceptors (Lipinski definition) is 6. The number of methoxy groups -OCH3 is 1. The Morgan fingerprint density at radius 2 is 1.97 bits per heavy atom. The molecule has 2 atom stereocenters. The maximum absolute atomic E-state index is 10.5. The molecule has 1 aromatic heterocycles. The number of nitrogens with zero attached hydrogens (tertiary/aromatic N) is 3. The van der Waals surface area contributed by atoms with Gasteiger partial charge in [0.15, 0.2) is 0 Å². The fraction of sp³-hybridized carbons (Fsp3) is 0.423. The van der Waals surface area contributed by atoms with Crippen LogP contribution in [0.2, 0.25) is 5.02 Å². The largest absolute Gasteiger partial charge is 0.437 e. The molecule has 1 fully saturated rings. The van der Waals surface area contributed by atoms with E-state index in [4.69, 9.17) is 30.9 Å². The van der Waals surface area contributed by atoms with E-state index in [-0.39, 0.29) is 12.7 Å². The van der Waals surface area contributed by atoms with Gasteiger partial charge in [0.2, 0.25) is 5.88 Å². The van der Waals surface area contributed by atoms with E-state index in [9.17, 15) is 5.11 Å². The summed E-state index contributed by atoms with van der Waals surface area (Å²) in [5, 5.41) is 15.8. The van der Waals surface area contributed by atoms with E-state index in [1.807, 2.05) is 60.1 Å². The average molecular weight is 486 g/mol. The second-order valence-corrected chi connectivity index (χ2v) is 8.99. The third-order valence-corrected chi connectivity index (χ3v) is 6.19. The van der Waals surface area contributed by atoms with Gasteiger partial charge in [-0.2, -0.15) is 5.10 Å². The highest BCUT2D eigenvalue weighted by atomic mass is 35.5. The van der Waals surface area contributed by atoms with Crippen molar-refractivity contribution in [2.45, 2.75) is 38.5 Å². The number of aromatic nitrogens is 2. The highest BCUT2D eigenvalue weighted by molar-refractivity contribution is 6.32. The summed E-state index contributed by atoms with van der Waals surface area (Å²) < 4.78 is 19.3. The first kappa shape index (κ1) is 24.7. The lowest BCUT2D eigenvalue weighted by atomic mass is 10.1. The molecule has 182 valence electrons. The molecule has 1 aliphatic heterocycles. The van der Waals surface area contributed by atoms with E-state index in [1.54, 1.807) is 13.2 Å². The molecular formula is C26H32ClN3O4. The molecule has 0 radical (unpaired) electrons. The van der Waals surface area contributed by atoms with Gasteiger partial charge in [-0.1, -0.05) is 41.9 Å². The molecule has 2 aromatic carbocycles. The van der Waals surface area contributed by atoms with Crippen LogP contribution in [0.1, 0.15) is 24.1 Å². The van der Waals surface area contributed by atoms with Crippen LogP contribution in [-0.2, 0) is 16.0 Å². The predicted octanol–water partition coefficient (Wildman–Crippen LogP) is 4.61. The molecule has 0 unspecified atom stereocenters. The fourth-order valence-corrected chi connectivity index (χ4v) is 4.42. The summed E-state index contributed by atoms with van der Waals surface area (Å²) >= 11 is 6.43. The van der Waals surface area contributed by atoms with Crippen LogP contribution in [-0.4, -0.2) is 65.4 Å². The van der Waals surface area contributed by atoms with Crippen molar-refractivity contribution in [2.24, 2.45) is 0 Å². The Morgan fingerprint density at radius 1 is 1.21 bits per heavy atom. The summed E-state index contributed by atoms with van der Waals surface area (Å²) in [5.41, 5.74) is 2.68. The highest BCUT2D eigenvalue weighted by Crippen LogP contribution is 2.35. The Kier molecular flexibility index (Phi) is 8.59. The SMILES string of the molecule is COC[C@H](O)CN(Cc1c(C)nn(-c2ccccc2)c1Oc1ccccc1Cl)C[C@@H]1CCCO1. The van der Waals surface area contributed by atoms with Gasteiger partial charge in [0.25, 0.3) is 0 Å². The molecule has 3 aromatic rings. The van der Waals surface area contributed by atoms with Crippen molar-refractivity contribution in [3.8, 4) is 17.3 Å². The zero-order valence-corrected chi connectivity index (χ0v) is 20.4. The highest BCUT2D eigenvalue weighted by Gasteiger charge is 2.26. The molecule has 1 saturated heterocycles. The van der Waals surface area contributed by atoms with Gasteiger partial charge in [-0.15, -0.1) is 0 Å². The Morgan fingerprint density at radius 3 is 2.68 bits per heavy atom. The quantitative estimate of drug-likeness (QED) is 0.427. The van der Waals surface area contributed by atoms with Gasteiger partial charge in [-0.05, 0) is 44.0 Å². The van der Waals surface area contributed by atoms with Crippen molar-refractivity contribution in [1.29, 1.82) is 0 Å². The van der Waals surface area contributed by atoms with E-state index in [1.165, 1.54) is 0 Å². The fourth-order valence-electron chi connectivity index (χ4n) is 4.25. The van der Waals surface area contributed by atoms with E-state index < -0.39 is 6.10 Å². The Bertz CT molecular complexity index is 1050. The average Bonchev–Trinajstić information content (AvgIpc) is 3.45. The molecule has 0 amide bonds. The third kappa shape index (κ3) is 6.17. The van der Waals surface area contributed by atoms with Gasteiger partial charge in [0, 0.05) is 33.4 Å². The Labute approximate surface area is 205 Å². The molecular weight excluding hydrogens is 454 g/mol. The van der Waals surface area contributed by atoms with Crippen LogP contribution in [0.25, 0.3) is 5.69 Å². The maximum Gasteiger partial charge on any atom is 0.227 e. The topological polar surface area (TPSA) is 69.0 Å². The molecule has 34 heavy (non-hydrogen) atoms. The summed E-state index contributed by atoms with van der Waals surface area (Å²) in [4.78, 5) is 2.19. The zero-order chi connectivity index (χ0) is 23.9. The van der Waals surface area contributed by atoms with Gasteiger partial charge < -0.3 is 19.3 Å². The molecule has 1 aliphatic rings. The van der Waals surface area contributed by atoms with Crippen LogP contribution < -0.4 is 4.74 Å². The van der Waals surface area contributed by atoms with Gasteiger partial charge >= 0.3 is 0 Å². The normalized spacial score (nSPS) is 16.8. The van der Waals surface area contributed by atoms with Crippen LogP contribution >= 0.6 is 11.6 Å². The van der Waals surface area contributed by atoms with Crippen molar-refractivity contribution in [2.75, 3.05) is 33.4 Å². The molecule has 0 aliphatic carbocycles. The summed E-state index contributed by atoms with van der Waals surface area (Å²) in [6.07, 6.45) is 1.61. The number of ether oxygens (including phenoxy) is 3. The van der Waals surface area contributed by atoms with Gasteiger partial charge in [-0.3, -0.25) is 4.90 Å². The summed E-state index contributed by atoms with van der Waals surface area (Å²) in [6.45, 7) is 4.73. The summed E-state index contributed by atoms with van der Waals surface area (Å²) in [5.74, 6) is 1.17. The lowest BCUT2D eigenvalue weighted by Crippen LogP contribution is -2.39. The number of hydrogen-bond donors (Lipinski definition) is 1. The van der Waals surface area contributed by atoms with Crippen LogP contribution in [0.15, 0.2) is 54.6 Å². The molecule has 2 heterocycles. The molecule has 4 rings (SSSR count). The number of halogens is 1. The second kappa shape index (κ2) is 11.8. The number of aryl methyl sites for hydroxylation is 1. The van der Waals surface area contributed by atoms with Gasteiger partial charge in [0.1, 0.15) is 5.75 Å². The van der Waals surface area contributed by atoms with Gasteiger partial charge in [0.05, 0.1) is 40.8 Å². The van der Waals surface area contributed by atoms with Crippen molar-refractivity contribution < 1.29 is 19.3 Å².